The lowest BCUT2D eigenvalue weighted by Crippen LogP contribution is -2.15. The number of nitrogen functional groups attached to an aromatic ring is 1. The highest BCUT2D eigenvalue weighted by atomic mass is 19.1. The van der Waals surface area contributed by atoms with Crippen LogP contribution in [0.25, 0.3) is 0 Å². The zero-order chi connectivity index (χ0) is 9.35. The fraction of sp³-hybridized carbons (Fsp3) is 0.444. The number of nitrogens with two attached hydrogens (primary N) is 1. The van der Waals surface area contributed by atoms with E-state index in [0.29, 0.717) is 5.82 Å². The van der Waals surface area contributed by atoms with Crippen LogP contribution in [0.3, 0.4) is 0 Å². The van der Waals surface area contributed by atoms with Crippen molar-refractivity contribution in [1.29, 1.82) is 0 Å². The molecule has 0 fully saturated rings. The van der Waals surface area contributed by atoms with Gasteiger partial charge in [0.1, 0.15) is 11.6 Å². The van der Waals surface area contributed by atoms with Crippen molar-refractivity contribution in [2.75, 3.05) is 5.73 Å². The number of hydrogen-bond acceptors (Lipinski definition) is 2. The molecule has 0 atom stereocenters. The first-order chi connectivity index (χ1) is 5.41. The molecule has 1 rings (SSSR count). The van der Waals surface area contributed by atoms with Gasteiger partial charge in [0.05, 0.1) is 6.20 Å². The third-order valence-corrected chi connectivity index (χ3v) is 1.69. The predicted octanol–water partition coefficient (Wildman–Crippen LogP) is 2.10. The monoisotopic (exact) mass is 168 g/mol. The third-order valence-electron chi connectivity index (χ3n) is 1.69. The molecule has 2 nitrogen and oxygen atoms in total. The van der Waals surface area contributed by atoms with Gasteiger partial charge in [-0.15, -0.1) is 0 Å². The number of halogens is 1. The molecule has 0 aliphatic carbocycles. The first-order valence-corrected chi connectivity index (χ1v) is 3.83. The molecule has 1 aromatic heterocycles. The Morgan fingerprint density at radius 3 is 2.42 bits per heavy atom. The Balaban J connectivity index is 3.23. The summed E-state index contributed by atoms with van der Waals surface area (Å²) in [5, 5.41) is 0. The maximum atomic E-state index is 12.8. The SMILES string of the molecule is CC(C)(C)c1cc(F)cnc1N. The van der Waals surface area contributed by atoms with Gasteiger partial charge in [0, 0.05) is 5.56 Å². The van der Waals surface area contributed by atoms with Crippen LogP contribution >= 0.6 is 0 Å². The molecule has 66 valence electrons. The Kier molecular flexibility index (Phi) is 2.04. The van der Waals surface area contributed by atoms with E-state index < -0.39 is 0 Å². The van der Waals surface area contributed by atoms with Crippen molar-refractivity contribution in [1.82, 2.24) is 4.98 Å². The zero-order valence-electron chi connectivity index (χ0n) is 7.56. The first-order valence-electron chi connectivity index (χ1n) is 3.83. The van der Waals surface area contributed by atoms with Gasteiger partial charge in [-0.1, -0.05) is 20.8 Å². The lowest BCUT2D eigenvalue weighted by Gasteiger charge is -2.19. The molecule has 1 heterocycles. The molecule has 0 spiro atoms. The van der Waals surface area contributed by atoms with E-state index in [1.54, 1.807) is 0 Å². The highest BCUT2D eigenvalue weighted by Gasteiger charge is 2.18. The Labute approximate surface area is 71.6 Å². The molecule has 0 saturated heterocycles. The van der Waals surface area contributed by atoms with Crippen LogP contribution in [0.4, 0.5) is 10.2 Å². The summed E-state index contributed by atoms with van der Waals surface area (Å²) >= 11 is 0. The smallest absolute Gasteiger partial charge is 0.141 e. The molecule has 1 aromatic rings. The Hall–Kier alpha value is -1.12. The number of nitrogens with zero attached hydrogens (tertiary/aromatic N) is 1. The molecule has 0 amide bonds. The van der Waals surface area contributed by atoms with Crippen LogP contribution < -0.4 is 5.73 Å². The van der Waals surface area contributed by atoms with Crippen molar-refractivity contribution in [3.05, 3.63) is 23.6 Å². The second-order valence-electron chi connectivity index (χ2n) is 3.84. The predicted molar refractivity (Wildman–Crippen MR) is 47.3 cm³/mol. The Morgan fingerprint density at radius 1 is 1.42 bits per heavy atom. The van der Waals surface area contributed by atoms with Gasteiger partial charge in [0.25, 0.3) is 0 Å². The first kappa shape index (κ1) is 8.97. The van der Waals surface area contributed by atoms with Crippen molar-refractivity contribution >= 4 is 5.82 Å². The zero-order valence-corrected chi connectivity index (χ0v) is 7.56. The number of anilines is 1. The van der Waals surface area contributed by atoms with Gasteiger partial charge < -0.3 is 5.73 Å². The molecule has 0 aromatic carbocycles. The topological polar surface area (TPSA) is 38.9 Å². The largest absolute Gasteiger partial charge is 0.383 e. The van der Waals surface area contributed by atoms with Gasteiger partial charge >= 0.3 is 0 Å². The second kappa shape index (κ2) is 2.73. The van der Waals surface area contributed by atoms with Gasteiger partial charge in [-0.05, 0) is 11.5 Å². The van der Waals surface area contributed by atoms with Crippen LogP contribution in [-0.4, -0.2) is 4.98 Å². The van der Waals surface area contributed by atoms with Gasteiger partial charge in [0.2, 0.25) is 0 Å². The molecule has 12 heavy (non-hydrogen) atoms. The molecule has 0 unspecified atom stereocenters. The summed E-state index contributed by atoms with van der Waals surface area (Å²) in [7, 11) is 0. The Morgan fingerprint density at radius 2 is 2.00 bits per heavy atom. The number of rotatable bonds is 0. The molecule has 0 saturated carbocycles. The van der Waals surface area contributed by atoms with Crippen LogP contribution in [-0.2, 0) is 5.41 Å². The van der Waals surface area contributed by atoms with E-state index in [1.165, 1.54) is 6.07 Å². The maximum absolute atomic E-state index is 12.8. The standard InChI is InChI=1S/C9H13FN2/c1-9(2,3)7-4-6(10)5-12-8(7)11/h4-5H,1-3H3,(H2,11,12). The Bertz CT molecular complexity index is 289. The summed E-state index contributed by atoms with van der Waals surface area (Å²) < 4.78 is 12.8. The van der Waals surface area contributed by atoms with Crippen LogP contribution in [0.15, 0.2) is 12.3 Å². The highest BCUT2D eigenvalue weighted by molar-refractivity contribution is 5.43. The fourth-order valence-electron chi connectivity index (χ4n) is 1.05. The number of hydrogen-bond donors (Lipinski definition) is 1. The summed E-state index contributed by atoms with van der Waals surface area (Å²) in [5.41, 5.74) is 6.20. The van der Waals surface area contributed by atoms with Gasteiger partial charge in [-0.25, -0.2) is 9.37 Å². The minimum Gasteiger partial charge on any atom is -0.383 e. The van der Waals surface area contributed by atoms with Crippen LogP contribution in [0.2, 0.25) is 0 Å². The van der Waals surface area contributed by atoms with Crippen molar-refractivity contribution in [3.8, 4) is 0 Å². The van der Waals surface area contributed by atoms with E-state index in [4.69, 9.17) is 5.73 Å². The molecule has 0 aliphatic rings. The van der Waals surface area contributed by atoms with Crippen LogP contribution in [0.1, 0.15) is 26.3 Å². The minimum absolute atomic E-state index is 0.154. The molecular formula is C9H13FN2. The average molecular weight is 168 g/mol. The van der Waals surface area contributed by atoms with Crippen molar-refractivity contribution < 1.29 is 4.39 Å². The van der Waals surface area contributed by atoms with E-state index in [0.717, 1.165) is 11.8 Å². The third kappa shape index (κ3) is 1.72. The lowest BCUT2D eigenvalue weighted by atomic mass is 9.87. The minimum atomic E-state index is -0.339. The summed E-state index contributed by atoms with van der Waals surface area (Å²) in [5.74, 6) is 0.0676. The molecule has 3 heteroatoms. The number of pyridine rings is 1. The quantitative estimate of drug-likeness (QED) is 0.644. The molecule has 0 bridgehead atoms. The summed E-state index contributed by atoms with van der Waals surface area (Å²) in [6.45, 7) is 5.92. The average Bonchev–Trinajstić information content (AvgIpc) is 1.92. The van der Waals surface area contributed by atoms with Gasteiger partial charge in [-0.2, -0.15) is 0 Å². The molecular weight excluding hydrogens is 155 g/mol. The van der Waals surface area contributed by atoms with E-state index in [-0.39, 0.29) is 11.2 Å². The normalized spacial score (nSPS) is 11.7. The van der Waals surface area contributed by atoms with Gasteiger partial charge in [0.15, 0.2) is 0 Å². The summed E-state index contributed by atoms with van der Waals surface area (Å²) in [6, 6.07) is 1.43. The summed E-state index contributed by atoms with van der Waals surface area (Å²) in [6.07, 6.45) is 1.13. The molecule has 2 N–H and O–H groups in total. The lowest BCUT2D eigenvalue weighted by molar-refractivity contribution is 0.569. The highest BCUT2D eigenvalue weighted by Crippen LogP contribution is 2.26. The van der Waals surface area contributed by atoms with E-state index in [2.05, 4.69) is 4.98 Å². The van der Waals surface area contributed by atoms with Gasteiger partial charge in [-0.3, -0.25) is 0 Å². The van der Waals surface area contributed by atoms with E-state index >= 15 is 0 Å². The molecule has 0 aliphatic heterocycles. The van der Waals surface area contributed by atoms with E-state index in [1.807, 2.05) is 20.8 Å². The van der Waals surface area contributed by atoms with Crippen LogP contribution in [0, 0.1) is 5.82 Å². The van der Waals surface area contributed by atoms with Crippen LogP contribution in [0.5, 0.6) is 0 Å². The molecule has 0 radical (unpaired) electrons. The second-order valence-corrected chi connectivity index (χ2v) is 3.84. The number of aromatic nitrogens is 1. The summed E-state index contributed by atoms with van der Waals surface area (Å²) in [4.78, 5) is 3.75. The van der Waals surface area contributed by atoms with E-state index in [9.17, 15) is 4.39 Å². The van der Waals surface area contributed by atoms with Crippen molar-refractivity contribution in [3.63, 3.8) is 0 Å². The van der Waals surface area contributed by atoms with Crippen molar-refractivity contribution in [2.45, 2.75) is 26.2 Å². The van der Waals surface area contributed by atoms with Crippen molar-refractivity contribution in [2.24, 2.45) is 0 Å². The maximum Gasteiger partial charge on any atom is 0.141 e. The fourth-order valence-corrected chi connectivity index (χ4v) is 1.05.